The number of amides is 1. The lowest BCUT2D eigenvalue weighted by Gasteiger charge is -2.12. The largest absolute Gasteiger partial charge is 0.375 e. The van der Waals surface area contributed by atoms with E-state index in [1.807, 2.05) is 56.3 Å². The Morgan fingerprint density at radius 2 is 1.85 bits per heavy atom. The van der Waals surface area contributed by atoms with Gasteiger partial charge in [-0.05, 0) is 43.2 Å². The summed E-state index contributed by atoms with van der Waals surface area (Å²) in [6.07, 6.45) is 0. The van der Waals surface area contributed by atoms with E-state index in [2.05, 4.69) is 10.6 Å². The Balaban J connectivity index is 1.97. The van der Waals surface area contributed by atoms with Crippen molar-refractivity contribution in [2.75, 3.05) is 17.2 Å². The maximum atomic E-state index is 11.9. The Kier molecular flexibility index (Phi) is 4.64. The molecule has 2 aromatic carbocycles. The first-order valence-corrected chi connectivity index (χ1v) is 6.79. The van der Waals surface area contributed by atoms with Crippen LogP contribution in [0.5, 0.6) is 0 Å². The summed E-state index contributed by atoms with van der Waals surface area (Å²) in [5.41, 5.74) is 3.72. The predicted octanol–water partition coefficient (Wildman–Crippen LogP) is 4.01. The lowest BCUT2D eigenvalue weighted by molar-refractivity contribution is -0.114. The quantitative estimate of drug-likeness (QED) is 0.892. The lowest BCUT2D eigenvalue weighted by Crippen LogP contribution is -2.22. The average Bonchev–Trinajstić information content (AvgIpc) is 2.38. The van der Waals surface area contributed by atoms with Gasteiger partial charge in [0.2, 0.25) is 5.91 Å². The average molecular weight is 289 g/mol. The van der Waals surface area contributed by atoms with Gasteiger partial charge in [-0.1, -0.05) is 35.9 Å². The number of halogens is 1. The molecule has 1 amide bonds. The van der Waals surface area contributed by atoms with Crippen molar-refractivity contribution in [3.05, 3.63) is 58.6 Å². The van der Waals surface area contributed by atoms with E-state index in [1.54, 1.807) is 0 Å². The van der Waals surface area contributed by atoms with Crippen LogP contribution < -0.4 is 10.6 Å². The van der Waals surface area contributed by atoms with Gasteiger partial charge in [0, 0.05) is 5.69 Å². The van der Waals surface area contributed by atoms with Gasteiger partial charge in [0.15, 0.2) is 0 Å². The fourth-order valence-electron chi connectivity index (χ4n) is 2.03. The Morgan fingerprint density at radius 1 is 1.15 bits per heavy atom. The fraction of sp³-hybridized carbons (Fsp3) is 0.188. The molecule has 2 aromatic rings. The minimum atomic E-state index is -0.104. The molecule has 0 aliphatic rings. The van der Waals surface area contributed by atoms with Gasteiger partial charge in [-0.3, -0.25) is 4.79 Å². The molecule has 0 bridgehead atoms. The maximum Gasteiger partial charge on any atom is 0.243 e. The van der Waals surface area contributed by atoms with E-state index in [0.29, 0.717) is 5.02 Å². The van der Waals surface area contributed by atoms with Crippen molar-refractivity contribution in [3.8, 4) is 0 Å². The number of benzene rings is 2. The summed E-state index contributed by atoms with van der Waals surface area (Å²) in [5.74, 6) is -0.104. The smallest absolute Gasteiger partial charge is 0.243 e. The van der Waals surface area contributed by atoms with E-state index in [0.717, 1.165) is 22.5 Å². The highest BCUT2D eigenvalue weighted by molar-refractivity contribution is 6.33. The zero-order valence-electron chi connectivity index (χ0n) is 11.5. The second-order valence-electron chi connectivity index (χ2n) is 4.71. The number of hydrogen-bond acceptors (Lipinski definition) is 2. The van der Waals surface area contributed by atoms with Crippen molar-refractivity contribution in [3.63, 3.8) is 0 Å². The van der Waals surface area contributed by atoms with Crippen LogP contribution >= 0.6 is 11.6 Å². The highest BCUT2D eigenvalue weighted by Gasteiger charge is 2.07. The van der Waals surface area contributed by atoms with Crippen LogP contribution in [0.4, 0.5) is 11.4 Å². The number of hydrogen-bond donors (Lipinski definition) is 2. The molecule has 0 atom stereocenters. The van der Waals surface area contributed by atoms with Gasteiger partial charge < -0.3 is 10.6 Å². The number of carbonyl (C=O) groups is 1. The summed E-state index contributed by atoms with van der Waals surface area (Å²) in [4.78, 5) is 11.9. The Bertz CT molecular complexity index is 588. The fourth-order valence-corrected chi connectivity index (χ4v) is 2.42. The third-order valence-corrected chi connectivity index (χ3v) is 3.21. The second-order valence-corrected chi connectivity index (χ2v) is 5.11. The standard InChI is InChI=1S/C16H17ClN2O/c1-11-8-12(2)16(14(17)9-11)18-10-15(20)19-13-6-4-3-5-7-13/h3-9,18H,10H2,1-2H3,(H,19,20). The molecule has 0 unspecified atom stereocenters. The molecule has 0 fully saturated rings. The minimum absolute atomic E-state index is 0.104. The van der Waals surface area contributed by atoms with Crippen LogP contribution in [-0.4, -0.2) is 12.5 Å². The van der Waals surface area contributed by atoms with Crippen LogP contribution in [0.1, 0.15) is 11.1 Å². The van der Waals surface area contributed by atoms with Gasteiger partial charge >= 0.3 is 0 Å². The van der Waals surface area contributed by atoms with Crippen molar-refractivity contribution < 1.29 is 4.79 Å². The summed E-state index contributed by atoms with van der Waals surface area (Å²) in [7, 11) is 0. The molecule has 0 heterocycles. The Hall–Kier alpha value is -2.00. The zero-order valence-corrected chi connectivity index (χ0v) is 12.3. The molecule has 0 saturated heterocycles. The molecule has 2 N–H and O–H groups in total. The zero-order chi connectivity index (χ0) is 14.5. The summed E-state index contributed by atoms with van der Waals surface area (Å²) < 4.78 is 0. The van der Waals surface area contributed by atoms with Gasteiger partial charge in [-0.2, -0.15) is 0 Å². The van der Waals surface area contributed by atoms with E-state index in [9.17, 15) is 4.79 Å². The van der Waals surface area contributed by atoms with Crippen molar-refractivity contribution >= 4 is 28.9 Å². The van der Waals surface area contributed by atoms with Gasteiger partial charge in [0.1, 0.15) is 0 Å². The first kappa shape index (κ1) is 14.4. The maximum absolute atomic E-state index is 11.9. The molecule has 0 saturated carbocycles. The number of anilines is 2. The normalized spacial score (nSPS) is 10.2. The second kappa shape index (κ2) is 6.44. The van der Waals surface area contributed by atoms with E-state index in [-0.39, 0.29) is 12.5 Å². The van der Waals surface area contributed by atoms with Crippen LogP contribution in [-0.2, 0) is 4.79 Å². The Labute approximate surface area is 124 Å². The van der Waals surface area contributed by atoms with Crippen molar-refractivity contribution in [2.24, 2.45) is 0 Å². The van der Waals surface area contributed by atoms with E-state index >= 15 is 0 Å². The van der Waals surface area contributed by atoms with E-state index in [1.165, 1.54) is 0 Å². The summed E-state index contributed by atoms with van der Waals surface area (Å²) in [6, 6.07) is 13.3. The van der Waals surface area contributed by atoms with Gasteiger partial charge in [-0.25, -0.2) is 0 Å². The summed E-state index contributed by atoms with van der Waals surface area (Å²) in [6.45, 7) is 4.14. The number of para-hydroxylation sites is 1. The molecule has 4 heteroatoms. The molecule has 0 radical (unpaired) electrons. The number of rotatable bonds is 4. The molecule has 3 nitrogen and oxygen atoms in total. The third kappa shape index (κ3) is 3.75. The molecular weight excluding hydrogens is 272 g/mol. The van der Waals surface area contributed by atoms with Crippen LogP contribution in [0.2, 0.25) is 5.02 Å². The highest BCUT2D eigenvalue weighted by atomic mass is 35.5. The molecule has 0 spiro atoms. The van der Waals surface area contributed by atoms with Crippen molar-refractivity contribution in [1.82, 2.24) is 0 Å². The SMILES string of the molecule is Cc1cc(C)c(NCC(=O)Nc2ccccc2)c(Cl)c1. The first-order chi connectivity index (χ1) is 9.56. The van der Waals surface area contributed by atoms with E-state index in [4.69, 9.17) is 11.6 Å². The topological polar surface area (TPSA) is 41.1 Å². The van der Waals surface area contributed by atoms with Crippen LogP contribution in [0.15, 0.2) is 42.5 Å². The molecule has 104 valence electrons. The summed E-state index contributed by atoms with van der Waals surface area (Å²) in [5, 5.41) is 6.54. The first-order valence-electron chi connectivity index (χ1n) is 6.42. The van der Waals surface area contributed by atoms with Gasteiger partial charge in [0.05, 0.1) is 17.3 Å². The molecule has 0 aliphatic heterocycles. The molecule has 0 aliphatic carbocycles. The molecular formula is C16H17ClN2O. The van der Waals surface area contributed by atoms with E-state index < -0.39 is 0 Å². The van der Waals surface area contributed by atoms with Gasteiger partial charge in [-0.15, -0.1) is 0 Å². The predicted molar refractivity (Wildman–Crippen MR) is 84.5 cm³/mol. The van der Waals surface area contributed by atoms with Crippen molar-refractivity contribution in [1.29, 1.82) is 0 Å². The third-order valence-electron chi connectivity index (χ3n) is 2.92. The minimum Gasteiger partial charge on any atom is -0.375 e. The van der Waals surface area contributed by atoms with Crippen molar-refractivity contribution in [2.45, 2.75) is 13.8 Å². The van der Waals surface area contributed by atoms with Crippen LogP contribution in [0, 0.1) is 13.8 Å². The molecule has 20 heavy (non-hydrogen) atoms. The summed E-state index contributed by atoms with van der Waals surface area (Å²) >= 11 is 6.18. The molecule has 2 rings (SSSR count). The van der Waals surface area contributed by atoms with Gasteiger partial charge in [0.25, 0.3) is 0 Å². The van der Waals surface area contributed by atoms with Crippen LogP contribution in [0.3, 0.4) is 0 Å². The number of aryl methyl sites for hydroxylation is 2. The monoisotopic (exact) mass is 288 g/mol. The Morgan fingerprint density at radius 3 is 2.50 bits per heavy atom. The highest BCUT2D eigenvalue weighted by Crippen LogP contribution is 2.27. The molecule has 0 aromatic heterocycles. The van der Waals surface area contributed by atoms with Crippen LogP contribution in [0.25, 0.3) is 0 Å². The lowest BCUT2D eigenvalue weighted by atomic mass is 10.1. The number of carbonyl (C=O) groups excluding carboxylic acids is 1. The number of nitrogens with one attached hydrogen (secondary N) is 2.